The number of likely N-dealkylation sites (tertiary alicyclic amines) is 1. The Morgan fingerprint density at radius 1 is 0.968 bits per heavy atom. The van der Waals surface area contributed by atoms with Crippen LogP contribution in [0.25, 0.3) is 11.1 Å². The molecule has 1 aliphatic rings. The molecule has 4 rings (SSSR count). The standard InChI is InChI=1S/C26H26N4O/c1-18-16-30(17-27)19(2)25(18)29-26(31)21-14-12-20(13-15-21)23-10-6-7-11-24(23)28-22-8-4-3-5-9-22/h3-15,18-19,25,28H,16H2,1-2H3,(H,29,31)/t18?,19?,25-/m1/s1. The Labute approximate surface area is 183 Å². The van der Waals surface area contributed by atoms with Crippen molar-refractivity contribution in [2.24, 2.45) is 5.92 Å². The van der Waals surface area contributed by atoms with Crippen molar-refractivity contribution in [1.29, 1.82) is 5.26 Å². The molecule has 1 heterocycles. The van der Waals surface area contributed by atoms with Gasteiger partial charge in [0, 0.05) is 29.0 Å². The lowest BCUT2D eigenvalue weighted by Gasteiger charge is -2.22. The monoisotopic (exact) mass is 410 g/mol. The summed E-state index contributed by atoms with van der Waals surface area (Å²) in [5, 5.41) is 15.8. The highest BCUT2D eigenvalue weighted by molar-refractivity contribution is 5.95. The van der Waals surface area contributed by atoms with Crippen LogP contribution in [0.3, 0.4) is 0 Å². The Morgan fingerprint density at radius 3 is 2.32 bits per heavy atom. The molecular formula is C26H26N4O. The third kappa shape index (κ3) is 4.39. The Kier molecular flexibility index (Phi) is 5.90. The quantitative estimate of drug-likeness (QED) is 0.580. The number of amides is 1. The molecule has 3 atom stereocenters. The molecule has 2 unspecified atom stereocenters. The lowest BCUT2D eigenvalue weighted by Crippen LogP contribution is -2.44. The van der Waals surface area contributed by atoms with E-state index in [0.717, 1.165) is 22.5 Å². The minimum Gasteiger partial charge on any atom is -0.355 e. The number of anilines is 2. The predicted octanol–water partition coefficient (Wildman–Crippen LogP) is 5.02. The van der Waals surface area contributed by atoms with E-state index in [1.165, 1.54) is 0 Å². The molecule has 156 valence electrons. The summed E-state index contributed by atoms with van der Waals surface area (Å²) < 4.78 is 0. The summed E-state index contributed by atoms with van der Waals surface area (Å²) in [5.74, 6) is 0.125. The average Bonchev–Trinajstić information content (AvgIpc) is 3.08. The first kappa shape index (κ1) is 20.5. The second-order valence-electron chi connectivity index (χ2n) is 8.08. The van der Waals surface area contributed by atoms with Crippen molar-refractivity contribution in [3.05, 3.63) is 84.4 Å². The first-order chi connectivity index (χ1) is 15.1. The number of hydrogen-bond acceptors (Lipinski definition) is 4. The topological polar surface area (TPSA) is 68.2 Å². The van der Waals surface area contributed by atoms with Crippen molar-refractivity contribution in [3.8, 4) is 17.3 Å². The van der Waals surface area contributed by atoms with Crippen molar-refractivity contribution >= 4 is 17.3 Å². The molecule has 0 saturated carbocycles. The van der Waals surface area contributed by atoms with Crippen LogP contribution in [0, 0.1) is 17.4 Å². The predicted molar refractivity (Wildman–Crippen MR) is 124 cm³/mol. The Morgan fingerprint density at radius 2 is 1.65 bits per heavy atom. The molecule has 0 aliphatic carbocycles. The van der Waals surface area contributed by atoms with Gasteiger partial charge in [0.2, 0.25) is 0 Å². The Bertz CT molecular complexity index is 1090. The number of hydrogen-bond donors (Lipinski definition) is 2. The molecule has 5 nitrogen and oxygen atoms in total. The van der Waals surface area contributed by atoms with Gasteiger partial charge in [-0.3, -0.25) is 4.79 Å². The Balaban J connectivity index is 1.50. The molecule has 5 heteroatoms. The van der Waals surface area contributed by atoms with Gasteiger partial charge in [-0.05, 0) is 48.7 Å². The van der Waals surface area contributed by atoms with Crippen LogP contribution in [0.2, 0.25) is 0 Å². The fourth-order valence-electron chi connectivity index (χ4n) is 4.21. The lowest BCUT2D eigenvalue weighted by atomic mass is 9.99. The van der Waals surface area contributed by atoms with Crippen LogP contribution in [0.1, 0.15) is 24.2 Å². The lowest BCUT2D eigenvalue weighted by molar-refractivity contribution is 0.0924. The largest absolute Gasteiger partial charge is 0.355 e. The normalized spacial score (nSPS) is 20.2. The molecule has 2 N–H and O–H groups in total. The first-order valence-electron chi connectivity index (χ1n) is 10.6. The molecule has 1 saturated heterocycles. The van der Waals surface area contributed by atoms with E-state index in [2.05, 4.69) is 29.8 Å². The number of rotatable bonds is 5. The van der Waals surface area contributed by atoms with Crippen LogP contribution < -0.4 is 10.6 Å². The van der Waals surface area contributed by atoms with Crippen LogP contribution in [-0.4, -0.2) is 29.4 Å². The zero-order valence-corrected chi connectivity index (χ0v) is 17.7. The highest BCUT2D eigenvalue weighted by atomic mass is 16.1. The molecule has 31 heavy (non-hydrogen) atoms. The van der Waals surface area contributed by atoms with E-state index in [-0.39, 0.29) is 23.9 Å². The Hall–Kier alpha value is -3.78. The summed E-state index contributed by atoms with van der Waals surface area (Å²) in [4.78, 5) is 14.5. The van der Waals surface area contributed by atoms with E-state index in [1.54, 1.807) is 4.90 Å². The van der Waals surface area contributed by atoms with Crippen molar-refractivity contribution in [3.63, 3.8) is 0 Å². The van der Waals surface area contributed by atoms with Gasteiger partial charge in [-0.25, -0.2) is 0 Å². The van der Waals surface area contributed by atoms with Crippen LogP contribution in [0.15, 0.2) is 78.9 Å². The second kappa shape index (κ2) is 8.93. The van der Waals surface area contributed by atoms with Gasteiger partial charge in [-0.15, -0.1) is 0 Å². The minimum atomic E-state index is -0.106. The first-order valence-corrected chi connectivity index (χ1v) is 10.6. The molecule has 0 bridgehead atoms. The second-order valence-corrected chi connectivity index (χ2v) is 8.08. The fourth-order valence-corrected chi connectivity index (χ4v) is 4.21. The number of benzene rings is 3. The summed E-state index contributed by atoms with van der Waals surface area (Å²) in [5.41, 5.74) is 4.76. The number of nitriles is 1. The smallest absolute Gasteiger partial charge is 0.251 e. The number of nitrogens with zero attached hydrogens (tertiary/aromatic N) is 2. The summed E-state index contributed by atoms with van der Waals surface area (Å²) in [7, 11) is 0. The van der Waals surface area contributed by atoms with E-state index < -0.39 is 0 Å². The van der Waals surface area contributed by atoms with Crippen LogP contribution in [0.4, 0.5) is 11.4 Å². The van der Waals surface area contributed by atoms with Gasteiger partial charge in [-0.1, -0.05) is 55.5 Å². The third-order valence-corrected chi connectivity index (χ3v) is 5.97. The number of para-hydroxylation sites is 2. The number of carbonyl (C=O) groups excluding carboxylic acids is 1. The third-order valence-electron chi connectivity index (χ3n) is 5.97. The highest BCUT2D eigenvalue weighted by Crippen LogP contribution is 2.30. The average molecular weight is 411 g/mol. The van der Waals surface area contributed by atoms with Gasteiger partial charge in [-0.2, -0.15) is 5.26 Å². The molecule has 3 aromatic rings. The fraction of sp³-hybridized carbons (Fsp3) is 0.231. The van der Waals surface area contributed by atoms with Gasteiger partial charge in [0.25, 0.3) is 5.91 Å². The molecule has 0 spiro atoms. The van der Waals surface area contributed by atoms with Gasteiger partial charge in [0.15, 0.2) is 6.19 Å². The summed E-state index contributed by atoms with van der Waals surface area (Å²) >= 11 is 0. The van der Waals surface area contributed by atoms with Gasteiger partial charge >= 0.3 is 0 Å². The molecule has 0 aromatic heterocycles. The van der Waals surface area contributed by atoms with Gasteiger partial charge < -0.3 is 15.5 Å². The van der Waals surface area contributed by atoms with E-state index in [1.807, 2.05) is 79.7 Å². The summed E-state index contributed by atoms with van der Waals surface area (Å²) in [6, 6.07) is 25.8. The van der Waals surface area contributed by atoms with Crippen LogP contribution in [-0.2, 0) is 0 Å². The zero-order valence-electron chi connectivity index (χ0n) is 17.7. The maximum absolute atomic E-state index is 12.8. The maximum Gasteiger partial charge on any atom is 0.251 e. The molecule has 3 aromatic carbocycles. The zero-order chi connectivity index (χ0) is 21.8. The summed E-state index contributed by atoms with van der Waals surface area (Å²) in [6.45, 7) is 4.72. The number of carbonyl (C=O) groups is 1. The number of nitrogens with one attached hydrogen (secondary N) is 2. The van der Waals surface area contributed by atoms with Crippen LogP contribution in [0.5, 0.6) is 0 Å². The molecule has 0 radical (unpaired) electrons. The maximum atomic E-state index is 12.8. The van der Waals surface area contributed by atoms with E-state index in [4.69, 9.17) is 0 Å². The minimum absolute atomic E-state index is 0.000777. The molecule has 1 fully saturated rings. The van der Waals surface area contributed by atoms with Crippen LogP contribution >= 0.6 is 0 Å². The van der Waals surface area contributed by atoms with Gasteiger partial charge in [0.1, 0.15) is 0 Å². The molecule has 1 amide bonds. The molecular weight excluding hydrogens is 384 g/mol. The van der Waals surface area contributed by atoms with E-state index in [9.17, 15) is 10.1 Å². The van der Waals surface area contributed by atoms with E-state index in [0.29, 0.717) is 12.1 Å². The highest BCUT2D eigenvalue weighted by Gasteiger charge is 2.37. The van der Waals surface area contributed by atoms with Crippen molar-refractivity contribution in [1.82, 2.24) is 10.2 Å². The van der Waals surface area contributed by atoms with Crippen molar-refractivity contribution < 1.29 is 4.79 Å². The van der Waals surface area contributed by atoms with Crippen molar-refractivity contribution in [2.45, 2.75) is 25.9 Å². The summed E-state index contributed by atoms with van der Waals surface area (Å²) in [6.07, 6.45) is 2.21. The van der Waals surface area contributed by atoms with Crippen molar-refractivity contribution in [2.75, 3.05) is 11.9 Å². The molecule has 1 aliphatic heterocycles. The van der Waals surface area contributed by atoms with Gasteiger partial charge in [0.05, 0.1) is 12.1 Å². The van der Waals surface area contributed by atoms with E-state index >= 15 is 0 Å². The SMILES string of the molecule is CC1CN(C#N)C(C)[C@@H]1NC(=O)c1ccc(-c2ccccc2Nc2ccccc2)cc1.